The molecule has 1 aromatic rings. The number of aryl methyl sites for hydroxylation is 1. The molecule has 1 unspecified atom stereocenters. The SMILES string of the molecule is CNC(=O)C(C)Sc1ccc(C)cc1. The Balaban J connectivity index is 2.60. The molecule has 0 fully saturated rings. The predicted octanol–water partition coefficient (Wildman–Crippen LogP) is 2.22. The molecule has 1 aromatic carbocycles. The lowest BCUT2D eigenvalue weighted by Crippen LogP contribution is -2.27. The summed E-state index contributed by atoms with van der Waals surface area (Å²) in [6.07, 6.45) is 0. The van der Waals surface area contributed by atoms with Gasteiger partial charge in [-0.3, -0.25) is 4.79 Å². The Kier molecular flexibility index (Phi) is 4.01. The number of hydrogen-bond donors (Lipinski definition) is 1. The molecule has 0 radical (unpaired) electrons. The van der Waals surface area contributed by atoms with Gasteiger partial charge in [0.15, 0.2) is 0 Å². The summed E-state index contributed by atoms with van der Waals surface area (Å²) in [4.78, 5) is 12.4. The molecule has 0 spiro atoms. The van der Waals surface area contributed by atoms with Crippen LogP contribution in [0.5, 0.6) is 0 Å². The van der Waals surface area contributed by atoms with Crippen LogP contribution >= 0.6 is 11.8 Å². The van der Waals surface area contributed by atoms with Gasteiger partial charge < -0.3 is 5.32 Å². The van der Waals surface area contributed by atoms with Crippen LogP contribution in [0.3, 0.4) is 0 Å². The summed E-state index contributed by atoms with van der Waals surface area (Å²) in [7, 11) is 1.66. The van der Waals surface area contributed by atoms with E-state index in [1.165, 1.54) is 5.56 Å². The van der Waals surface area contributed by atoms with Crippen molar-refractivity contribution in [2.45, 2.75) is 24.0 Å². The highest BCUT2D eigenvalue weighted by Crippen LogP contribution is 2.23. The number of hydrogen-bond acceptors (Lipinski definition) is 2. The van der Waals surface area contributed by atoms with Gasteiger partial charge in [-0.25, -0.2) is 0 Å². The van der Waals surface area contributed by atoms with E-state index in [1.807, 2.05) is 19.1 Å². The van der Waals surface area contributed by atoms with Gasteiger partial charge in [0.25, 0.3) is 0 Å². The lowest BCUT2D eigenvalue weighted by atomic mass is 10.2. The van der Waals surface area contributed by atoms with Crippen molar-refractivity contribution in [1.82, 2.24) is 5.32 Å². The van der Waals surface area contributed by atoms with E-state index in [1.54, 1.807) is 18.8 Å². The van der Waals surface area contributed by atoms with Crippen LogP contribution in [0.25, 0.3) is 0 Å². The fourth-order valence-electron chi connectivity index (χ4n) is 1.08. The summed E-state index contributed by atoms with van der Waals surface area (Å²) in [5.41, 5.74) is 1.24. The number of thioether (sulfide) groups is 1. The van der Waals surface area contributed by atoms with Crippen LogP contribution in [-0.4, -0.2) is 18.2 Å². The van der Waals surface area contributed by atoms with Gasteiger partial charge in [-0.1, -0.05) is 17.7 Å². The van der Waals surface area contributed by atoms with E-state index in [2.05, 4.69) is 24.4 Å². The van der Waals surface area contributed by atoms with Gasteiger partial charge in [-0.05, 0) is 26.0 Å². The minimum Gasteiger partial charge on any atom is -0.358 e. The molecule has 0 aromatic heterocycles. The Bertz CT molecular complexity index is 308. The summed E-state index contributed by atoms with van der Waals surface area (Å²) in [6.45, 7) is 3.96. The van der Waals surface area contributed by atoms with Crippen molar-refractivity contribution in [2.24, 2.45) is 0 Å². The highest BCUT2D eigenvalue weighted by Gasteiger charge is 2.11. The molecule has 0 aliphatic heterocycles. The molecule has 0 saturated carbocycles. The quantitative estimate of drug-likeness (QED) is 0.773. The minimum atomic E-state index is -0.0392. The van der Waals surface area contributed by atoms with Crippen molar-refractivity contribution >= 4 is 17.7 Å². The average Bonchev–Trinajstić information content (AvgIpc) is 2.20. The summed E-state index contributed by atoms with van der Waals surface area (Å²) in [5, 5.41) is 2.60. The minimum absolute atomic E-state index is 0.0392. The molecular formula is C11H15NOS. The van der Waals surface area contributed by atoms with Crippen molar-refractivity contribution in [3.8, 4) is 0 Å². The molecule has 1 atom stereocenters. The van der Waals surface area contributed by atoms with Crippen LogP contribution in [0.4, 0.5) is 0 Å². The standard InChI is InChI=1S/C11H15NOS/c1-8-4-6-10(7-5-8)14-9(2)11(13)12-3/h4-7,9H,1-3H3,(H,12,13). The highest BCUT2D eigenvalue weighted by molar-refractivity contribution is 8.00. The molecule has 1 amide bonds. The van der Waals surface area contributed by atoms with E-state index in [0.717, 1.165) is 4.90 Å². The van der Waals surface area contributed by atoms with Crippen molar-refractivity contribution < 1.29 is 4.79 Å². The molecule has 2 nitrogen and oxygen atoms in total. The number of carbonyl (C=O) groups is 1. The first-order valence-corrected chi connectivity index (χ1v) is 5.46. The number of benzene rings is 1. The Morgan fingerprint density at radius 1 is 1.36 bits per heavy atom. The Morgan fingerprint density at radius 2 is 1.93 bits per heavy atom. The van der Waals surface area contributed by atoms with Gasteiger partial charge in [0.05, 0.1) is 5.25 Å². The highest BCUT2D eigenvalue weighted by atomic mass is 32.2. The first-order valence-electron chi connectivity index (χ1n) is 4.58. The zero-order chi connectivity index (χ0) is 10.6. The summed E-state index contributed by atoms with van der Waals surface area (Å²) in [6, 6.07) is 8.19. The van der Waals surface area contributed by atoms with Crippen LogP contribution in [0.15, 0.2) is 29.2 Å². The molecule has 1 rings (SSSR count). The van der Waals surface area contributed by atoms with Crippen LogP contribution < -0.4 is 5.32 Å². The summed E-state index contributed by atoms with van der Waals surface area (Å²) in [5.74, 6) is 0.0653. The van der Waals surface area contributed by atoms with Crippen LogP contribution in [0.2, 0.25) is 0 Å². The second kappa shape index (κ2) is 5.05. The zero-order valence-electron chi connectivity index (χ0n) is 8.70. The molecule has 14 heavy (non-hydrogen) atoms. The third-order valence-electron chi connectivity index (χ3n) is 1.95. The van der Waals surface area contributed by atoms with Crippen molar-refractivity contribution in [1.29, 1.82) is 0 Å². The molecule has 3 heteroatoms. The van der Waals surface area contributed by atoms with Gasteiger partial charge in [-0.15, -0.1) is 11.8 Å². The molecule has 0 bridgehead atoms. The van der Waals surface area contributed by atoms with E-state index in [-0.39, 0.29) is 11.2 Å². The first kappa shape index (κ1) is 11.1. The number of carbonyl (C=O) groups excluding carboxylic acids is 1. The number of rotatable bonds is 3. The van der Waals surface area contributed by atoms with Crippen molar-refractivity contribution in [2.75, 3.05) is 7.05 Å². The fraction of sp³-hybridized carbons (Fsp3) is 0.364. The molecule has 76 valence electrons. The monoisotopic (exact) mass is 209 g/mol. The van der Waals surface area contributed by atoms with Gasteiger partial charge in [0.1, 0.15) is 0 Å². The molecule has 0 aliphatic rings. The molecule has 0 saturated heterocycles. The number of amides is 1. The van der Waals surface area contributed by atoms with Gasteiger partial charge in [-0.2, -0.15) is 0 Å². The molecular weight excluding hydrogens is 194 g/mol. The average molecular weight is 209 g/mol. The van der Waals surface area contributed by atoms with E-state index in [4.69, 9.17) is 0 Å². The second-order valence-electron chi connectivity index (χ2n) is 3.19. The maximum atomic E-state index is 11.3. The predicted molar refractivity (Wildman–Crippen MR) is 60.6 cm³/mol. The van der Waals surface area contributed by atoms with Gasteiger partial charge in [0, 0.05) is 11.9 Å². The topological polar surface area (TPSA) is 29.1 Å². The Morgan fingerprint density at radius 3 is 2.43 bits per heavy atom. The van der Waals surface area contributed by atoms with Gasteiger partial charge >= 0.3 is 0 Å². The Hall–Kier alpha value is -0.960. The third kappa shape index (κ3) is 3.07. The van der Waals surface area contributed by atoms with E-state index >= 15 is 0 Å². The van der Waals surface area contributed by atoms with E-state index < -0.39 is 0 Å². The van der Waals surface area contributed by atoms with E-state index in [0.29, 0.717) is 0 Å². The maximum absolute atomic E-state index is 11.3. The summed E-state index contributed by atoms with van der Waals surface area (Å²) >= 11 is 1.57. The van der Waals surface area contributed by atoms with Crippen LogP contribution in [0.1, 0.15) is 12.5 Å². The lowest BCUT2D eigenvalue weighted by molar-refractivity contribution is -0.119. The Labute approximate surface area is 89.1 Å². The summed E-state index contributed by atoms with van der Waals surface area (Å²) < 4.78 is 0. The molecule has 1 N–H and O–H groups in total. The van der Waals surface area contributed by atoms with Crippen molar-refractivity contribution in [3.05, 3.63) is 29.8 Å². The second-order valence-corrected chi connectivity index (χ2v) is 4.60. The first-order chi connectivity index (χ1) is 6.63. The molecule has 0 heterocycles. The normalized spacial score (nSPS) is 12.2. The maximum Gasteiger partial charge on any atom is 0.232 e. The number of nitrogens with one attached hydrogen (secondary N) is 1. The zero-order valence-corrected chi connectivity index (χ0v) is 9.52. The fourth-order valence-corrected chi connectivity index (χ4v) is 2.00. The lowest BCUT2D eigenvalue weighted by Gasteiger charge is -2.09. The molecule has 0 aliphatic carbocycles. The van der Waals surface area contributed by atoms with Crippen LogP contribution in [0, 0.1) is 6.92 Å². The smallest absolute Gasteiger partial charge is 0.232 e. The van der Waals surface area contributed by atoms with E-state index in [9.17, 15) is 4.79 Å². The van der Waals surface area contributed by atoms with Crippen LogP contribution in [-0.2, 0) is 4.79 Å². The largest absolute Gasteiger partial charge is 0.358 e. The van der Waals surface area contributed by atoms with Gasteiger partial charge in [0.2, 0.25) is 5.91 Å². The van der Waals surface area contributed by atoms with Crippen molar-refractivity contribution in [3.63, 3.8) is 0 Å². The third-order valence-corrected chi connectivity index (χ3v) is 3.06.